The molecule has 0 saturated carbocycles. The molecule has 0 N–H and O–H groups in total. The van der Waals surface area contributed by atoms with Crippen molar-refractivity contribution in [2.45, 2.75) is 44.4 Å². The van der Waals surface area contributed by atoms with Gasteiger partial charge in [-0.1, -0.05) is 56.2 Å². The second kappa shape index (κ2) is 9.62. The van der Waals surface area contributed by atoms with E-state index in [9.17, 15) is 13.2 Å². The second-order valence-electron chi connectivity index (χ2n) is 7.64. The van der Waals surface area contributed by atoms with Gasteiger partial charge in [0.1, 0.15) is 0 Å². The van der Waals surface area contributed by atoms with Gasteiger partial charge in [0.15, 0.2) is 17.3 Å². The number of hydrogen-bond donors (Lipinski definition) is 0. The molecule has 0 bridgehead atoms. The number of ether oxygens (including phenoxy) is 1. The van der Waals surface area contributed by atoms with Crippen molar-refractivity contribution < 1.29 is 22.4 Å². The van der Waals surface area contributed by atoms with Crippen LogP contribution < -0.4 is 0 Å². The Labute approximate surface area is 193 Å². The summed E-state index contributed by atoms with van der Waals surface area (Å²) >= 11 is 0. The lowest BCUT2D eigenvalue weighted by Gasteiger charge is -2.07. The molecule has 33 heavy (non-hydrogen) atoms. The van der Waals surface area contributed by atoms with Crippen LogP contribution in [-0.4, -0.2) is 30.0 Å². The van der Waals surface area contributed by atoms with E-state index in [4.69, 9.17) is 9.15 Å². The van der Waals surface area contributed by atoms with Gasteiger partial charge in [-0.15, -0.1) is 0 Å². The number of carbonyl (C=O) groups is 1. The van der Waals surface area contributed by atoms with Crippen molar-refractivity contribution in [1.29, 1.82) is 0 Å². The third-order valence-electron chi connectivity index (χ3n) is 5.36. The summed E-state index contributed by atoms with van der Waals surface area (Å²) in [6.45, 7) is 4.02. The number of benzene rings is 2. The van der Waals surface area contributed by atoms with Gasteiger partial charge >= 0.3 is 5.97 Å². The zero-order valence-electron chi connectivity index (χ0n) is 18.7. The average Bonchev–Trinajstić information content (AvgIpc) is 3.42. The summed E-state index contributed by atoms with van der Waals surface area (Å²) in [5.41, 5.74) is 1.01. The molecule has 0 aliphatic heterocycles. The maximum absolute atomic E-state index is 13.4. The summed E-state index contributed by atoms with van der Waals surface area (Å²) in [4.78, 5) is 17.3. The number of para-hydroxylation sites is 1. The molecule has 172 valence electrons. The predicted molar refractivity (Wildman–Crippen MR) is 126 cm³/mol. The molecule has 0 spiro atoms. The molecule has 8 heteroatoms. The Bertz CT molecular complexity index is 1370. The first-order chi connectivity index (χ1) is 16.0. The van der Waals surface area contributed by atoms with Crippen molar-refractivity contribution in [3.8, 4) is 11.3 Å². The number of oxazole rings is 1. The fraction of sp³-hybridized carbons (Fsp3) is 0.280. The van der Waals surface area contributed by atoms with E-state index in [0.717, 1.165) is 19.3 Å². The SMILES string of the molecule is CCCCCc1nc(C(=O)OCC)c(-c2cn(S(=O)(=O)c3ccccc3)c3ccccc23)o1. The van der Waals surface area contributed by atoms with Crippen LogP contribution in [0.2, 0.25) is 0 Å². The summed E-state index contributed by atoms with van der Waals surface area (Å²) in [7, 11) is -3.87. The molecule has 0 amide bonds. The fourth-order valence-corrected chi connectivity index (χ4v) is 5.14. The maximum Gasteiger partial charge on any atom is 0.360 e. The number of unbranched alkanes of at least 4 members (excludes halogenated alkanes) is 2. The minimum absolute atomic E-state index is 0.0587. The summed E-state index contributed by atoms with van der Waals surface area (Å²) in [5.74, 6) is 0.0585. The van der Waals surface area contributed by atoms with Crippen LogP contribution in [0.15, 0.2) is 70.1 Å². The van der Waals surface area contributed by atoms with Crippen LogP contribution in [0.25, 0.3) is 22.2 Å². The number of aromatic nitrogens is 2. The number of esters is 1. The highest BCUT2D eigenvalue weighted by Gasteiger charge is 2.28. The molecule has 2 aromatic carbocycles. The zero-order valence-corrected chi connectivity index (χ0v) is 19.5. The molecule has 4 aromatic rings. The Morgan fingerprint density at radius 2 is 1.76 bits per heavy atom. The largest absolute Gasteiger partial charge is 0.461 e. The molecule has 0 fully saturated rings. The summed E-state index contributed by atoms with van der Waals surface area (Å²) < 4.78 is 39.3. The molecular formula is C25H26N2O5S. The van der Waals surface area contributed by atoms with E-state index in [2.05, 4.69) is 11.9 Å². The highest BCUT2D eigenvalue weighted by Crippen LogP contribution is 2.36. The summed E-state index contributed by atoms with van der Waals surface area (Å²) in [6, 6.07) is 15.3. The second-order valence-corrected chi connectivity index (χ2v) is 9.45. The Hall–Kier alpha value is -3.39. The van der Waals surface area contributed by atoms with Gasteiger partial charge in [-0.2, -0.15) is 0 Å². The van der Waals surface area contributed by atoms with Crippen molar-refractivity contribution in [3.05, 3.63) is 72.4 Å². The molecule has 0 radical (unpaired) electrons. The average molecular weight is 467 g/mol. The number of hydrogen-bond acceptors (Lipinski definition) is 6. The first-order valence-corrected chi connectivity index (χ1v) is 12.5. The minimum Gasteiger partial charge on any atom is -0.461 e. The third-order valence-corrected chi connectivity index (χ3v) is 7.04. The minimum atomic E-state index is -3.87. The molecule has 2 heterocycles. The van der Waals surface area contributed by atoms with Gasteiger partial charge < -0.3 is 9.15 Å². The van der Waals surface area contributed by atoms with Gasteiger partial charge in [-0.25, -0.2) is 22.2 Å². The highest BCUT2D eigenvalue weighted by atomic mass is 32.2. The summed E-state index contributed by atoms with van der Waals surface area (Å²) in [6.07, 6.45) is 5.01. The maximum atomic E-state index is 13.4. The molecule has 7 nitrogen and oxygen atoms in total. The predicted octanol–water partition coefficient (Wildman–Crippen LogP) is 5.44. The molecular weight excluding hydrogens is 440 g/mol. The van der Waals surface area contributed by atoms with Crippen molar-refractivity contribution >= 4 is 26.9 Å². The van der Waals surface area contributed by atoms with E-state index >= 15 is 0 Å². The lowest BCUT2D eigenvalue weighted by molar-refractivity contribution is 0.0520. The molecule has 0 atom stereocenters. The van der Waals surface area contributed by atoms with Crippen LogP contribution in [0, 0.1) is 0 Å². The molecule has 4 rings (SSSR count). The molecule has 0 saturated heterocycles. The summed E-state index contributed by atoms with van der Waals surface area (Å²) in [5, 5.41) is 0.638. The Balaban J connectivity index is 1.90. The van der Waals surface area contributed by atoms with Crippen LogP contribution in [0.5, 0.6) is 0 Å². The smallest absolute Gasteiger partial charge is 0.360 e. The molecule has 0 aliphatic carbocycles. The van der Waals surface area contributed by atoms with E-state index in [1.807, 2.05) is 6.07 Å². The van der Waals surface area contributed by atoms with Gasteiger partial charge in [0.2, 0.25) is 0 Å². The monoisotopic (exact) mass is 466 g/mol. The first-order valence-electron chi connectivity index (χ1n) is 11.0. The lowest BCUT2D eigenvalue weighted by atomic mass is 10.1. The number of rotatable bonds is 9. The van der Waals surface area contributed by atoms with Gasteiger partial charge in [-0.3, -0.25) is 0 Å². The highest BCUT2D eigenvalue weighted by molar-refractivity contribution is 7.90. The number of fused-ring (bicyclic) bond motifs is 1. The van der Waals surface area contributed by atoms with E-state index in [1.165, 1.54) is 10.2 Å². The Morgan fingerprint density at radius 1 is 1.03 bits per heavy atom. The lowest BCUT2D eigenvalue weighted by Crippen LogP contribution is -2.11. The Kier molecular flexibility index (Phi) is 6.65. The van der Waals surface area contributed by atoms with Crippen molar-refractivity contribution in [2.75, 3.05) is 6.61 Å². The molecule has 2 aromatic heterocycles. The van der Waals surface area contributed by atoms with Crippen LogP contribution in [0.3, 0.4) is 0 Å². The normalized spacial score (nSPS) is 11.7. The van der Waals surface area contributed by atoms with Crippen molar-refractivity contribution in [1.82, 2.24) is 8.96 Å². The number of nitrogens with zero attached hydrogens (tertiary/aromatic N) is 2. The fourth-order valence-electron chi connectivity index (χ4n) is 3.75. The van der Waals surface area contributed by atoms with Gasteiger partial charge in [0.25, 0.3) is 10.0 Å². The van der Waals surface area contributed by atoms with Crippen LogP contribution in [0.1, 0.15) is 49.5 Å². The Morgan fingerprint density at radius 3 is 2.48 bits per heavy atom. The van der Waals surface area contributed by atoms with Crippen LogP contribution in [-0.2, 0) is 21.2 Å². The third kappa shape index (κ3) is 4.43. The van der Waals surface area contributed by atoms with Gasteiger partial charge in [-0.05, 0) is 31.5 Å². The quantitative estimate of drug-likeness (QED) is 0.241. The van der Waals surface area contributed by atoms with E-state index in [0.29, 0.717) is 28.8 Å². The molecule has 0 unspecified atom stereocenters. The standard InChI is InChI=1S/C25H26N2O5S/c1-3-5-7-16-22-26-23(25(28)31-4-2)24(32-22)20-17-27(21-15-11-10-14-19(20)21)33(29,30)18-12-8-6-9-13-18/h6,8-15,17H,3-5,7,16H2,1-2H3. The molecule has 0 aliphatic rings. The van der Waals surface area contributed by atoms with Crippen molar-refractivity contribution in [2.24, 2.45) is 0 Å². The van der Waals surface area contributed by atoms with Gasteiger partial charge in [0, 0.05) is 23.6 Å². The van der Waals surface area contributed by atoms with E-state index < -0.39 is 16.0 Å². The van der Waals surface area contributed by atoms with Crippen molar-refractivity contribution in [3.63, 3.8) is 0 Å². The number of carbonyl (C=O) groups excluding carboxylic acids is 1. The van der Waals surface area contributed by atoms with Crippen LogP contribution >= 0.6 is 0 Å². The number of aryl methyl sites for hydroxylation is 1. The van der Waals surface area contributed by atoms with Gasteiger partial charge in [0.05, 0.1) is 17.0 Å². The van der Waals surface area contributed by atoms with Crippen LogP contribution in [0.4, 0.5) is 0 Å². The van der Waals surface area contributed by atoms with E-state index in [1.54, 1.807) is 55.5 Å². The first kappa shape index (κ1) is 22.8. The van der Waals surface area contributed by atoms with E-state index in [-0.39, 0.29) is 23.0 Å². The topological polar surface area (TPSA) is 91.4 Å². The zero-order chi connectivity index (χ0) is 23.4.